The van der Waals surface area contributed by atoms with Crippen molar-refractivity contribution in [3.8, 4) is 0 Å². The van der Waals surface area contributed by atoms with Crippen LogP contribution >= 0.6 is 24.8 Å². The van der Waals surface area contributed by atoms with Gasteiger partial charge in [-0.15, -0.1) is 24.8 Å². The van der Waals surface area contributed by atoms with Crippen molar-refractivity contribution in [2.75, 3.05) is 13.1 Å². The average Bonchev–Trinajstić information content (AvgIpc) is 2.97. The molecule has 0 aliphatic heterocycles. The predicted octanol–water partition coefficient (Wildman–Crippen LogP) is 3.12. The van der Waals surface area contributed by atoms with Crippen molar-refractivity contribution in [3.63, 3.8) is 0 Å². The number of nitrogens with one attached hydrogen (secondary N) is 1. The van der Waals surface area contributed by atoms with Crippen molar-refractivity contribution >= 4 is 30.7 Å². The zero-order chi connectivity index (χ0) is 15.9. The van der Waals surface area contributed by atoms with Gasteiger partial charge in [0.25, 0.3) is 0 Å². The van der Waals surface area contributed by atoms with Crippen LogP contribution in [0.4, 0.5) is 0 Å². The third kappa shape index (κ3) is 6.98. The molecule has 24 heavy (non-hydrogen) atoms. The van der Waals surface area contributed by atoms with Crippen molar-refractivity contribution in [1.82, 2.24) is 10.2 Å². The van der Waals surface area contributed by atoms with Gasteiger partial charge in [0.15, 0.2) is 0 Å². The Kier molecular flexibility index (Phi) is 11.3. The first-order chi connectivity index (χ1) is 10.6. The molecule has 1 aliphatic carbocycles. The highest BCUT2D eigenvalue weighted by Crippen LogP contribution is 2.24. The summed E-state index contributed by atoms with van der Waals surface area (Å²) in [6.45, 7) is 8.04. The molecule has 2 unspecified atom stereocenters. The van der Waals surface area contributed by atoms with Gasteiger partial charge in [-0.05, 0) is 43.5 Å². The summed E-state index contributed by atoms with van der Waals surface area (Å²) in [6, 6.07) is 8.70. The van der Waals surface area contributed by atoms with Gasteiger partial charge < -0.3 is 11.1 Å². The van der Waals surface area contributed by atoms with E-state index in [4.69, 9.17) is 5.73 Å². The van der Waals surface area contributed by atoms with E-state index in [9.17, 15) is 4.79 Å². The van der Waals surface area contributed by atoms with Crippen LogP contribution in [-0.4, -0.2) is 29.9 Å². The minimum atomic E-state index is 0. The standard InChI is InChI=1S/C18H29N3O.2ClH/c1-3-21(4-2)13-15-7-5-6-14(10-15)12-20-18(22)16-8-9-17(19)11-16;;/h5-7,10,16-17H,3-4,8-9,11-13,19H2,1-2H3,(H,20,22);2*1H. The van der Waals surface area contributed by atoms with Gasteiger partial charge >= 0.3 is 0 Å². The number of nitrogens with two attached hydrogens (primary N) is 1. The quantitative estimate of drug-likeness (QED) is 0.769. The van der Waals surface area contributed by atoms with E-state index in [2.05, 4.69) is 48.3 Å². The Morgan fingerprint density at radius 3 is 2.46 bits per heavy atom. The summed E-state index contributed by atoms with van der Waals surface area (Å²) in [5.41, 5.74) is 8.35. The molecule has 6 heteroatoms. The van der Waals surface area contributed by atoms with Crippen molar-refractivity contribution in [2.24, 2.45) is 11.7 Å². The molecule has 1 aliphatic rings. The number of carbonyl (C=O) groups excluding carboxylic acids is 1. The molecular formula is C18H31Cl2N3O. The van der Waals surface area contributed by atoms with Crippen molar-refractivity contribution < 1.29 is 4.79 Å². The Morgan fingerprint density at radius 2 is 1.88 bits per heavy atom. The third-order valence-corrected chi connectivity index (χ3v) is 4.60. The Hall–Kier alpha value is -0.810. The number of halogens is 2. The van der Waals surface area contributed by atoms with Crippen LogP contribution in [0.3, 0.4) is 0 Å². The molecule has 2 rings (SSSR count). The van der Waals surface area contributed by atoms with Crippen LogP contribution in [0.5, 0.6) is 0 Å². The van der Waals surface area contributed by atoms with E-state index in [0.717, 1.165) is 38.9 Å². The molecule has 0 bridgehead atoms. The number of amides is 1. The molecule has 4 nitrogen and oxygen atoms in total. The molecule has 1 aromatic rings. The maximum absolute atomic E-state index is 12.1. The van der Waals surface area contributed by atoms with Crippen LogP contribution in [0.25, 0.3) is 0 Å². The highest BCUT2D eigenvalue weighted by molar-refractivity contribution is 5.85. The number of hydrogen-bond acceptors (Lipinski definition) is 3. The smallest absolute Gasteiger partial charge is 0.223 e. The molecule has 1 amide bonds. The molecule has 138 valence electrons. The van der Waals surface area contributed by atoms with Crippen LogP contribution in [0.15, 0.2) is 24.3 Å². The van der Waals surface area contributed by atoms with Crippen LogP contribution in [0.1, 0.15) is 44.2 Å². The lowest BCUT2D eigenvalue weighted by molar-refractivity contribution is -0.125. The van der Waals surface area contributed by atoms with Crippen LogP contribution in [0, 0.1) is 5.92 Å². The van der Waals surface area contributed by atoms with Gasteiger partial charge in [0.05, 0.1) is 0 Å². The SMILES string of the molecule is CCN(CC)Cc1cccc(CNC(=O)C2CCC(N)C2)c1.Cl.Cl. The molecule has 0 aromatic heterocycles. The zero-order valence-electron chi connectivity index (χ0n) is 14.7. The van der Waals surface area contributed by atoms with Crippen molar-refractivity contribution in [1.29, 1.82) is 0 Å². The van der Waals surface area contributed by atoms with Crippen LogP contribution < -0.4 is 11.1 Å². The van der Waals surface area contributed by atoms with Gasteiger partial charge in [-0.3, -0.25) is 9.69 Å². The Balaban J connectivity index is 0.00000264. The summed E-state index contributed by atoms with van der Waals surface area (Å²) in [6.07, 6.45) is 2.72. The molecular weight excluding hydrogens is 345 g/mol. The van der Waals surface area contributed by atoms with Gasteiger partial charge in [0.1, 0.15) is 0 Å². The molecule has 1 fully saturated rings. The van der Waals surface area contributed by atoms with Crippen LogP contribution in [-0.2, 0) is 17.9 Å². The molecule has 0 radical (unpaired) electrons. The van der Waals surface area contributed by atoms with E-state index in [0.29, 0.717) is 6.54 Å². The third-order valence-electron chi connectivity index (χ3n) is 4.60. The molecule has 1 saturated carbocycles. The van der Waals surface area contributed by atoms with E-state index >= 15 is 0 Å². The van der Waals surface area contributed by atoms with Gasteiger partial charge in [-0.1, -0.05) is 38.1 Å². The maximum Gasteiger partial charge on any atom is 0.223 e. The monoisotopic (exact) mass is 375 g/mol. The average molecular weight is 376 g/mol. The molecule has 1 aromatic carbocycles. The fourth-order valence-electron chi connectivity index (χ4n) is 3.13. The van der Waals surface area contributed by atoms with E-state index in [1.54, 1.807) is 0 Å². The summed E-state index contributed by atoms with van der Waals surface area (Å²) < 4.78 is 0. The van der Waals surface area contributed by atoms with Crippen molar-refractivity contribution in [3.05, 3.63) is 35.4 Å². The minimum absolute atomic E-state index is 0. The van der Waals surface area contributed by atoms with E-state index in [-0.39, 0.29) is 42.7 Å². The first-order valence-electron chi connectivity index (χ1n) is 8.45. The highest BCUT2D eigenvalue weighted by Gasteiger charge is 2.27. The lowest BCUT2D eigenvalue weighted by Gasteiger charge is -2.18. The summed E-state index contributed by atoms with van der Waals surface area (Å²) >= 11 is 0. The van der Waals surface area contributed by atoms with Gasteiger partial charge in [-0.2, -0.15) is 0 Å². The fourth-order valence-corrected chi connectivity index (χ4v) is 3.13. The molecule has 0 saturated heterocycles. The molecule has 3 N–H and O–H groups in total. The summed E-state index contributed by atoms with van der Waals surface area (Å²) in [5.74, 6) is 0.260. The van der Waals surface area contributed by atoms with E-state index in [1.165, 1.54) is 11.1 Å². The summed E-state index contributed by atoms with van der Waals surface area (Å²) in [5, 5.41) is 3.06. The van der Waals surface area contributed by atoms with Crippen LogP contribution in [0.2, 0.25) is 0 Å². The zero-order valence-corrected chi connectivity index (χ0v) is 16.3. The number of hydrogen-bond donors (Lipinski definition) is 2. The van der Waals surface area contributed by atoms with Gasteiger partial charge in [0, 0.05) is 25.0 Å². The number of carbonyl (C=O) groups is 1. The second kappa shape index (κ2) is 11.7. The predicted molar refractivity (Wildman–Crippen MR) is 105 cm³/mol. The second-order valence-corrected chi connectivity index (χ2v) is 6.27. The topological polar surface area (TPSA) is 58.4 Å². The Bertz CT molecular complexity index is 495. The second-order valence-electron chi connectivity index (χ2n) is 6.27. The van der Waals surface area contributed by atoms with E-state index in [1.807, 2.05) is 0 Å². The van der Waals surface area contributed by atoms with Crippen molar-refractivity contribution in [2.45, 2.75) is 52.2 Å². The summed E-state index contributed by atoms with van der Waals surface area (Å²) in [4.78, 5) is 14.5. The number of benzene rings is 1. The molecule has 0 spiro atoms. The lowest BCUT2D eigenvalue weighted by Crippen LogP contribution is -2.30. The summed E-state index contributed by atoms with van der Waals surface area (Å²) in [7, 11) is 0. The largest absolute Gasteiger partial charge is 0.352 e. The first kappa shape index (κ1) is 23.2. The van der Waals surface area contributed by atoms with E-state index < -0.39 is 0 Å². The minimum Gasteiger partial charge on any atom is -0.352 e. The Labute approximate surface area is 158 Å². The molecule has 0 heterocycles. The number of rotatable bonds is 7. The first-order valence-corrected chi connectivity index (χ1v) is 8.45. The fraction of sp³-hybridized carbons (Fsp3) is 0.611. The molecule has 2 atom stereocenters. The Morgan fingerprint density at radius 1 is 1.21 bits per heavy atom. The normalized spacial score (nSPS) is 19.5. The number of nitrogens with zero attached hydrogens (tertiary/aromatic N) is 1. The lowest BCUT2D eigenvalue weighted by atomic mass is 10.1. The highest BCUT2D eigenvalue weighted by atomic mass is 35.5. The van der Waals surface area contributed by atoms with Gasteiger partial charge in [-0.25, -0.2) is 0 Å². The maximum atomic E-state index is 12.1. The van der Waals surface area contributed by atoms with Gasteiger partial charge in [0.2, 0.25) is 5.91 Å².